The number of sulfone groups is 1. The highest BCUT2D eigenvalue weighted by atomic mass is 35.5. The quantitative estimate of drug-likeness (QED) is 0.654. The van der Waals surface area contributed by atoms with E-state index in [4.69, 9.17) is 17.4 Å². The molecule has 0 aliphatic rings. The van der Waals surface area contributed by atoms with E-state index in [0.29, 0.717) is 16.4 Å². The second kappa shape index (κ2) is 5.52. The fourth-order valence-corrected chi connectivity index (χ4v) is 2.78. The van der Waals surface area contributed by atoms with Gasteiger partial charge in [0.2, 0.25) is 9.84 Å². The molecule has 0 radical (unpaired) electrons. The molecule has 2 rings (SSSR count). The molecule has 0 bridgehead atoms. The van der Waals surface area contributed by atoms with Crippen LogP contribution < -0.4 is 11.3 Å². The van der Waals surface area contributed by atoms with E-state index in [9.17, 15) is 8.42 Å². The molecule has 100 valence electrons. The first-order valence-corrected chi connectivity index (χ1v) is 7.32. The number of nitrogens with two attached hydrogens (primary N) is 1. The highest BCUT2D eigenvalue weighted by Gasteiger charge is 2.17. The number of halogens is 1. The van der Waals surface area contributed by atoms with Gasteiger partial charge < -0.3 is 5.43 Å². The van der Waals surface area contributed by atoms with Gasteiger partial charge in [0.15, 0.2) is 10.8 Å². The van der Waals surface area contributed by atoms with Crippen LogP contribution in [0.2, 0.25) is 5.02 Å². The van der Waals surface area contributed by atoms with Crippen LogP contribution >= 0.6 is 11.6 Å². The Labute approximate surface area is 115 Å². The maximum atomic E-state index is 12.1. The van der Waals surface area contributed by atoms with Crippen molar-refractivity contribution < 1.29 is 8.42 Å². The minimum atomic E-state index is -3.54. The minimum absolute atomic E-state index is 0.0959. The van der Waals surface area contributed by atoms with Crippen LogP contribution in [0.3, 0.4) is 0 Å². The molecular formula is C11H11ClN4O2S. The number of hydrazine groups is 1. The van der Waals surface area contributed by atoms with Crippen LogP contribution in [0.1, 0.15) is 5.56 Å². The second-order valence-corrected chi connectivity index (χ2v) is 6.16. The number of nitrogens with one attached hydrogen (secondary N) is 1. The zero-order valence-corrected chi connectivity index (χ0v) is 11.3. The fraction of sp³-hybridized carbons (Fsp3) is 0.0909. The molecule has 0 aliphatic heterocycles. The maximum Gasteiger partial charge on any atom is 0.201 e. The summed E-state index contributed by atoms with van der Waals surface area (Å²) in [6.07, 6.45) is 0. The van der Waals surface area contributed by atoms with Crippen LogP contribution in [0.4, 0.5) is 5.82 Å². The van der Waals surface area contributed by atoms with Crippen molar-refractivity contribution in [1.82, 2.24) is 10.2 Å². The molecule has 0 atom stereocenters. The van der Waals surface area contributed by atoms with Crippen molar-refractivity contribution in [1.29, 1.82) is 0 Å². The van der Waals surface area contributed by atoms with E-state index in [1.54, 1.807) is 24.3 Å². The molecule has 0 fully saturated rings. The summed E-state index contributed by atoms with van der Waals surface area (Å²) in [5, 5.41) is 7.72. The van der Waals surface area contributed by atoms with Crippen molar-refractivity contribution in [2.75, 3.05) is 5.43 Å². The molecule has 2 aromatic rings. The highest BCUT2D eigenvalue weighted by Crippen LogP contribution is 2.16. The van der Waals surface area contributed by atoms with Crippen molar-refractivity contribution in [3.05, 3.63) is 47.0 Å². The van der Waals surface area contributed by atoms with Crippen LogP contribution in [0.5, 0.6) is 0 Å². The molecule has 8 heteroatoms. The van der Waals surface area contributed by atoms with Gasteiger partial charge in [0.25, 0.3) is 0 Å². The van der Waals surface area contributed by atoms with Gasteiger partial charge in [-0.25, -0.2) is 14.3 Å². The Morgan fingerprint density at radius 3 is 2.32 bits per heavy atom. The van der Waals surface area contributed by atoms with Gasteiger partial charge >= 0.3 is 0 Å². The van der Waals surface area contributed by atoms with Gasteiger partial charge in [-0.2, -0.15) is 0 Å². The van der Waals surface area contributed by atoms with Gasteiger partial charge in [-0.3, -0.25) is 0 Å². The molecule has 1 aromatic heterocycles. The summed E-state index contributed by atoms with van der Waals surface area (Å²) in [5.41, 5.74) is 2.91. The Hall–Kier alpha value is -1.70. The van der Waals surface area contributed by atoms with E-state index in [-0.39, 0.29) is 10.8 Å². The van der Waals surface area contributed by atoms with E-state index in [1.165, 1.54) is 12.1 Å². The lowest BCUT2D eigenvalue weighted by Gasteiger charge is -2.04. The van der Waals surface area contributed by atoms with Crippen LogP contribution in [-0.4, -0.2) is 18.6 Å². The van der Waals surface area contributed by atoms with Crippen molar-refractivity contribution in [3.63, 3.8) is 0 Å². The Bertz CT molecular complexity index is 656. The lowest BCUT2D eigenvalue weighted by atomic mass is 10.2. The standard InChI is InChI=1S/C11H11ClN4O2S/c12-9-3-1-8(2-4-9)7-19(17,18)11-6-5-10(14-13)15-16-11/h1-6H,7,13H2,(H,14,15). The Balaban J connectivity index is 2.24. The van der Waals surface area contributed by atoms with E-state index >= 15 is 0 Å². The molecule has 3 N–H and O–H groups in total. The third-order valence-corrected chi connectivity index (χ3v) is 4.20. The summed E-state index contributed by atoms with van der Waals surface area (Å²) < 4.78 is 24.2. The summed E-state index contributed by atoms with van der Waals surface area (Å²) in [7, 11) is -3.54. The molecule has 6 nitrogen and oxygen atoms in total. The van der Waals surface area contributed by atoms with Crippen molar-refractivity contribution >= 4 is 27.3 Å². The van der Waals surface area contributed by atoms with Gasteiger partial charge in [-0.05, 0) is 29.8 Å². The Kier molecular flexibility index (Phi) is 3.98. The number of hydrogen-bond donors (Lipinski definition) is 2. The van der Waals surface area contributed by atoms with Crippen molar-refractivity contribution in [2.45, 2.75) is 10.8 Å². The monoisotopic (exact) mass is 298 g/mol. The number of hydrogen-bond acceptors (Lipinski definition) is 6. The average molecular weight is 299 g/mol. The zero-order chi connectivity index (χ0) is 13.9. The maximum absolute atomic E-state index is 12.1. The molecule has 0 saturated carbocycles. The Morgan fingerprint density at radius 1 is 1.11 bits per heavy atom. The van der Waals surface area contributed by atoms with Crippen LogP contribution in [0.25, 0.3) is 0 Å². The first-order chi connectivity index (χ1) is 9.01. The minimum Gasteiger partial charge on any atom is -0.307 e. The van der Waals surface area contributed by atoms with Crippen LogP contribution in [0, 0.1) is 0 Å². The number of nitrogens with zero attached hydrogens (tertiary/aromatic N) is 2. The largest absolute Gasteiger partial charge is 0.307 e. The van der Waals surface area contributed by atoms with Crippen molar-refractivity contribution in [2.24, 2.45) is 5.84 Å². The number of aromatic nitrogens is 2. The topological polar surface area (TPSA) is 98.0 Å². The number of rotatable bonds is 4. The molecule has 19 heavy (non-hydrogen) atoms. The molecule has 0 saturated heterocycles. The van der Waals surface area contributed by atoms with Gasteiger partial charge in [0.05, 0.1) is 5.75 Å². The second-order valence-electron chi connectivity index (χ2n) is 3.79. The highest BCUT2D eigenvalue weighted by molar-refractivity contribution is 7.90. The third-order valence-electron chi connectivity index (χ3n) is 2.38. The van der Waals surface area contributed by atoms with Gasteiger partial charge in [-0.1, -0.05) is 23.7 Å². The lowest BCUT2D eigenvalue weighted by Crippen LogP contribution is -2.12. The Morgan fingerprint density at radius 2 is 1.79 bits per heavy atom. The van der Waals surface area contributed by atoms with Gasteiger partial charge in [-0.15, -0.1) is 10.2 Å². The van der Waals surface area contributed by atoms with Crippen LogP contribution in [0.15, 0.2) is 41.4 Å². The zero-order valence-electron chi connectivity index (χ0n) is 9.75. The van der Waals surface area contributed by atoms with Crippen LogP contribution in [-0.2, 0) is 15.6 Å². The SMILES string of the molecule is NNc1ccc(S(=O)(=O)Cc2ccc(Cl)cc2)nn1. The summed E-state index contributed by atoms with van der Waals surface area (Å²) in [6, 6.07) is 9.39. The third kappa shape index (κ3) is 3.40. The molecule has 1 heterocycles. The number of benzene rings is 1. The molecular weight excluding hydrogens is 288 g/mol. The number of anilines is 1. The van der Waals surface area contributed by atoms with Crippen molar-refractivity contribution in [3.8, 4) is 0 Å². The van der Waals surface area contributed by atoms with Gasteiger partial charge in [0, 0.05) is 5.02 Å². The average Bonchev–Trinajstić information content (AvgIpc) is 2.41. The summed E-state index contributed by atoms with van der Waals surface area (Å²) in [6.45, 7) is 0. The van der Waals surface area contributed by atoms with Gasteiger partial charge in [0.1, 0.15) is 0 Å². The molecule has 0 amide bonds. The lowest BCUT2D eigenvalue weighted by molar-refractivity contribution is 0.589. The first-order valence-electron chi connectivity index (χ1n) is 5.29. The normalized spacial score (nSPS) is 11.3. The summed E-state index contributed by atoms with van der Waals surface area (Å²) in [5.74, 6) is 5.27. The smallest absolute Gasteiger partial charge is 0.201 e. The summed E-state index contributed by atoms with van der Waals surface area (Å²) in [4.78, 5) is 0. The molecule has 0 unspecified atom stereocenters. The fourth-order valence-electron chi connectivity index (χ4n) is 1.44. The predicted molar refractivity (Wildman–Crippen MR) is 72.2 cm³/mol. The van der Waals surface area contributed by atoms with E-state index in [2.05, 4.69) is 15.6 Å². The van der Waals surface area contributed by atoms with E-state index in [1.807, 2.05) is 0 Å². The molecule has 0 spiro atoms. The predicted octanol–water partition coefficient (Wildman–Crippen LogP) is 1.39. The first kappa shape index (κ1) is 13.7. The molecule has 1 aromatic carbocycles. The van der Waals surface area contributed by atoms with E-state index < -0.39 is 9.84 Å². The summed E-state index contributed by atoms with van der Waals surface area (Å²) >= 11 is 5.74. The van der Waals surface area contributed by atoms with E-state index in [0.717, 1.165) is 0 Å². The molecule has 0 aliphatic carbocycles. The number of nitrogen functional groups attached to an aromatic ring is 1.